The molecular weight excluding hydrogens is 248 g/mol. The molecule has 0 amide bonds. The van der Waals surface area contributed by atoms with Crippen LogP contribution < -0.4 is 4.74 Å². The molecule has 0 aliphatic carbocycles. The molecule has 6 nitrogen and oxygen atoms in total. The van der Waals surface area contributed by atoms with Crippen molar-refractivity contribution in [3.8, 4) is 11.8 Å². The largest absolute Gasteiger partial charge is 0.496 e. The Balaban J connectivity index is 3.51. The number of halogens is 1. The smallest absolute Gasteiger partial charge is 0.288 e. The third kappa shape index (κ3) is 2.52. The zero-order valence-corrected chi connectivity index (χ0v) is 9.52. The molecule has 0 fully saturated rings. The summed E-state index contributed by atoms with van der Waals surface area (Å²) in [7, 11) is 1.30. The van der Waals surface area contributed by atoms with Gasteiger partial charge in [-0.25, -0.2) is 0 Å². The quantitative estimate of drug-likeness (QED) is 0.354. The van der Waals surface area contributed by atoms with Gasteiger partial charge in [0.2, 0.25) is 0 Å². The van der Waals surface area contributed by atoms with Crippen molar-refractivity contribution in [1.82, 2.24) is 0 Å². The molecule has 1 aromatic rings. The Hall–Kier alpha value is -2.13. The van der Waals surface area contributed by atoms with E-state index < -0.39 is 16.4 Å². The average molecular weight is 255 g/mol. The molecule has 88 valence electrons. The number of carbonyl (C=O) groups excluding carboxylic acids is 1. The van der Waals surface area contributed by atoms with E-state index in [9.17, 15) is 14.9 Å². The van der Waals surface area contributed by atoms with E-state index in [0.717, 1.165) is 12.1 Å². The highest BCUT2D eigenvalue weighted by Crippen LogP contribution is 2.28. The van der Waals surface area contributed by atoms with Gasteiger partial charge in [0, 0.05) is 12.1 Å². The van der Waals surface area contributed by atoms with E-state index in [1.165, 1.54) is 7.11 Å². The molecule has 0 N–H and O–H groups in total. The maximum absolute atomic E-state index is 11.5. The number of nitriles is 1. The molecule has 0 saturated carbocycles. The van der Waals surface area contributed by atoms with Gasteiger partial charge in [0.1, 0.15) is 17.4 Å². The van der Waals surface area contributed by atoms with E-state index in [4.69, 9.17) is 21.6 Å². The summed E-state index contributed by atoms with van der Waals surface area (Å²) in [5, 5.41) is 19.5. The molecule has 0 heterocycles. The Morgan fingerprint density at radius 1 is 1.65 bits per heavy atom. The lowest BCUT2D eigenvalue weighted by molar-refractivity contribution is -0.385. The van der Waals surface area contributed by atoms with Crippen LogP contribution in [0, 0.1) is 21.4 Å². The van der Waals surface area contributed by atoms with E-state index in [0.29, 0.717) is 0 Å². The number of nitrogens with zero attached hydrogens (tertiary/aromatic N) is 2. The van der Waals surface area contributed by atoms with Crippen molar-refractivity contribution in [1.29, 1.82) is 5.26 Å². The van der Waals surface area contributed by atoms with Crippen molar-refractivity contribution >= 4 is 23.1 Å². The fraction of sp³-hybridized carbons (Fsp3) is 0.200. The van der Waals surface area contributed by atoms with Crippen LogP contribution in [0.4, 0.5) is 5.69 Å². The first-order valence-corrected chi connectivity index (χ1v) is 4.94. The van der Waals surface area contributed by atoms with Gasteiger partial charge in [0.15, 0.2) is 5.78 Å². The van der Waals surface area contributed by atoms with Crippen molar-refractivity contribution < 1.29 is 14.5 Å². The average Bonchev–Trinajstić information content (AvgIpc) is 2.35. The summed E-state index contributed by atoms with van der Waals surface area (Å²) in [6.45, 7) is 0. The second-order valence-electron chi connectivity index (χ2n) is 3.00. The van der Waals surface area contributed by atoms with E-state index >= 15 is 0 Å². The normalized spacial score (nSPS) is 9.47. The third-order valence-electron chi connectivity index (χ3n) is 2.06. The number of ether oxygens (including phenoxy) is 1. The highest BCUT2D eigenvalue weighted by molar-refractivity contribution is 6.30. The zero-order chi connectivity index (χ0) is 13.0. The summed E-state index contributed by atoms with van der Waals surface area (Å²) < 4.78 is 4.89. The number of hydrogen-bond donors (Lipinski definition) is 0. The standard InChI is InChI=1S/C10H7ClN2O4/c1-17-10-2-6(5-12)8(13(15)16)3-7(10)9(14)4-11/h2-3H,4H2,1H3. The number of carbonyl (C=O) groups is 1. The number of methoxy groups -OCH3 is 1. The van der Waals surface area contributed by atoms with Crippen molar-refractivity contribution in [2.24, 2.45) is 0 Å². The topological polar surface area (TPSA) is 93.2 Å². The molecule has 0 aliphatic heterocycles. The number of alkyl halides is 1. The number of hydrogen-bond acceptors (Lipinski definition) is 5. The van der Waals surface area contributed by atoms with Gasteiger partial charge in [-0.1, -0.05) is 0 Å². The summed E-state index contributed by atoms with van der Waals surface area (Å²) in [6, 6.07) is 3.82. The first-order chi connectivity index (χ1) is 8.04. The molecule has 0 radical (unpaired) electrons. The van der Waals surface area contributed by atoms with E-state index in [-0.39, 0.29) is 22.8 Å². The SMILES string of the molecule is COc1cc(C#N)c([N+](=O)[O-])cc1C(=O)CCl. The number of nitro benzene ring substituents is 1. The van der Waals surface area contributed by atoms with Gasteiger partial charge in [0.25, 0.3) is 5.69 Å². The van der Waals surface area contributed by atoms with Gasteiger partial charge in [0.05, 0.1) is 23.5 Å². The number of rotatable bonds is 4. The van der Waals surface area contributed by atoms with Crippen LogP contribution in [0.3, 0.4) is 0 Å². The Morgan fingerprint density at radius 2 is 2.29 bits per heavy atom. The number of Topliss-reactive ketones (excluding diaryl/α,β-unsaturated/α-hetero) is 1. The van der Waals surface area contributed by atoms with Crippen LogP contribution in [0.2, 0.25) is 0 Å². The lowest BCUT2D eigenvalue weighted by atomic mass is 10.1. The third-order valence-corrected chi connectivity index (χ3v) is 2.30. The number of benzene rings is 1. The van der Waals surface area contributed by atoms with Crippen LogP contribution in [0.25, 0.3) is 0 Å². The zero-order valence-electron chi connectivity index (χ0n) is 8.77. The number of ketones is 1. The summed E-state index contributed by atoms with van der Waals surface area (Å²) in [5.41, 5.74) is -0.618. The minimum absolute atomic E-state index is 0.00630. The van der Waals surface area contributed by atoms with Crippen molar-refractivity contribution in [3.05, 3.63) is 33.4 Å². The molecular formula is C10H7ClN2O4. The molecule has 0 aliphatic rings. The first kappa shape index (κ1) is 12.9. The fourth-order valence-corrected chi connectivity index (χ4v) is 1.41. The van der Waals surface area contributed by atoms with Gasteiger partial charge in [-0.3, -0.25) is 14.9 Å². The van der Waals surface area contributed by atoms with Crippen LogP contribution in [0.1, 0.15) is 15.9 Å². The molecule has 17 heavy (non-hydrogen) atoms. The van der Waals surface area contributed by atoms with E-state index in [1.807, 2.05) is 0 Å². The Labute approximate surface area is 102 Å². The van der Waals surface area contributed by atoms with Gasteiger partial charge in [-0.05, 0) is 0 Å². The van der Waals surface area contributed by atoms with Crippen LogP contribution in [-0.4, -0.2) is 23.7 Å². The Morgan fingerprint density at radius 3 is 2.71 bits per heavy atom. The predicted octanol–water partition coefficient (Wildman–Crippen LogP) is 1.90. The van der Waals surface area contributed by atoms with Gasteiger partial charge < -0.3 is 4.74 Å². The summed E-state index contributed by atoms with van der Waals surface area (Å²) in [4.78, 5) is 21.4. The molecule has 0 unspecified atom stereocenters. The van der Waals surface area contributed by atoms with Gasteiger partial charge in [-0.2, -0.15) is 5.26 Å². The Kier molecular flexibility index (Phi) is 4.01. The highest BCUT2D eigenvalue weighted by Gasteiger charge is 2.21. The van der Waals surface area contributed by atoms with E-state index in [2.05, 4.69) is 0 Å². The molecule has 0 aromatic heterocycles. The van der Waals surface area contributed by atoms with Crippen molar-refractivity contribution in [2.75, 3.05) is 13.0 Å². The first-order valence-electron chi connectivity index (χ1n) is 4.40. The van der Waals surface area contributed by atoms with Crippen LogP contribution in [-0.2, 0) is 0 Å². The second kappa shape index (κ2) is 5.27. The second-order valence-corrected chi connectivity index (χ2v) is 3.26. The molecule has 0 spiro atoms. The van der Waals surface area contributed by atoms with Gasteiger partial charge >= 0.3 is 0 Å². The van der Waals surface area contributed by atoms with Crippen LogP contribution in [0.5, 0.6) is 5.75 Å². The highest BCUT2D eigenvalue weighted by atomic mass is 35.5. The molecule has 0 atom stereocenters. The minimum atomic E-state index is -0.733. The summed E-state index contributed by atoms with van der Waals surface area (Å²) in [6.07, 6.45) is 0. The molecule has 1 rings (SSSR count). The van der Waals surface area contributed by atoms with Gasteiger partial charge in [-0.15, -0.1) is 11.6 Å². The lowest BCUT2D eigenvalue weighted by Crippen LogP contribution is -2.05. The number of nitro groups is 1. The monoisotopic (exact) mass is 254 g/mol. The summed E-state index contributed by atoms with van der Waals surface area (Å²) in [5.74, 6) is -0.728. The van der Waals surface area contributed by atoms with E-state index in [1.54, 1.807) is 6.07 Å². The Bertz CT molecular complexity index is 522. The minimum Gasteiger partial charge on any atom is -0.496 e. The maximum Gasteiger partial charge on any atom is 0.288 e. The lowest BCUT2D eigenvalue weighted by Gasteiger charge is -2.06. The van der Waals surface area contributed by atoms with Crippen molar-refractivity contribution in [3.63, 3.8) is 0 Å². The molecule has 1 aromatic carbocycles. The van der Waals surface area contributed by atoms with Crippen LogP contribution in [0.15, 0.2) is 12.1 Å². The fourth-order valence-electron chi connectivity index (χ4n) is 1.27. The summed E-state index contributed by atoms with van der Waals surface area (Å²) >= 11 is 5.38. The predicted molar refractivity (Wildman–Crippen MR) is 59.4 cm³/mol. The molecule has 0 saturated heterocycles. The van der Waals surface area contributed by atoms with Crippen LogP contribution >= 0.6 is 11.6 Å². The molecule has 0 bridgehead atoms. The maximum atomic E-state index is 11.5. The van der Waals surface area contributed by atoms with Crippen molar-refractivity contribution in [2.45, 2.75) is 0 Å². The molecule has 7 heteroatoms.